The van der Waals surface area contributed by atoms with Crippen LogP contribution in [0.1, 0.15) is 26.7 Å². The van der Waals surface area contributed by atoms with Gasteiger partial charge in [-0.3, -0.25) is 4.79 Å². The molecular weight excluding hydrogens is 292 g/mol. The third-order valence-corrected chi connectivity index (χ3v) is 3.68. The van der Waals surface area contributed by atoms with E-state index in [-0.39, 0.29) is 11.2 Å². The molecule has 1 amide bonds. The molecule has 1 aromatic rings. The average molecular weight is 313 g/mol. The van der Waals surface area contributed by atoms with Crippen LogP contribution in [0.2, 0.25) is 5.28 Å². The van der Waals surface area contributed by atoms with Crippen LogP contribution in [0.15, 0.2) is 0 Å². The topological polar surface area (TPSA) is 83.0 Å². The Kier molecular flexibility index (Phi) is 4.82. The molecule has 2 heterocycles. The SMILES string of the molecule is CNC(=O)C(C)(C)CNc1nc(Cl)nc(N2CCCC2)n1. The molecule has 21 heavy (non-hydrogen) atoms. The fraction of sp³-hybridized carbons (Fsp3) is 0.692. The van der Waals surface area contributed by atoms with E-state index in [0.717, 1.165) is 25.9 Å². The van der Waals surface area contributed by atoms with Crippen molar-refractivity contribution in [2.75, 3.05) is 36.9 Å². The van der Waals surface area contributed by atoms with Gasteiger partial charge in [0.25, 0.3) is 0 Å². The van der Waals surface area contributed by atoms with Crippen molar-refractivity contribution in [2.45, 2.75) is 26.7 Å². The maximum absolute atomic E-state index is 11.8. The van der Waals surface area contributed by atoms with Crippen molar-refractivity contribution >= 4 is 29.4 Å². The molecule has 0 saturated carbocycles. The molecule has 2 N–H and O–H groups in total. The summed E-state index contributed by atoms with van der Waals surface area (Å²) in [5.74, 6) is 0.941. The van der Waals surface area contributed by atoms with Gasteiger partial charge >= 0.3 is 0 Å². The highest BCUT2D eigenvalue weighted by Crippen LogP contribution is 2.20. The maximum Gasteiger partial charge on any atom is 0.231 e. The monoisotopic (exact) mass is 312 g/mol. The first-order chi connectivity index (χ1) is 9.92. The van der Waals surface area contributed by atoms with Crippen LogP contribution in [-0.4, -0.2) is 47.5 Å². The summed E-state index contributed by atoms with van der Waals surface area (Å²) in [5.41, 5.74) is -0.568. The summed E-state index contributed by atoms with van der Waals surface area (Å²) in [5, 5.41) is 5.87. The summed E-state index contributed by atoms with van der Waals surface area (Å²) in [7, 11) is 1.62. The van der Waals surface area contributed by atoms with Crippen LogP contribution in [0.5, 0.6) is 0 Å². The number of anilines is 2. The highest BCUT2D eigenvalue weighted by atomic mass is 35.5. The van der Waals surface area contributed by atoms with Crippen molar-refractivity contribution < 1.29 is 4.79 Å². The Hall–Kier alpha value is -1.63. The van der Waals surface area contributed by atoms with Gasteiger partial charge in [0.05, 0.1) is 5.41 Å². The molecule has 2 rings (SSSR count). The second-order valence-corrected chi connectivity index (χ2v) is 6.08. The van der Waals surface area contributed by atoms with Crippen LogP contribution in [0, 0.1) is 5.41 Å². The second kappa shape index (κ2) is 6.43. The van der Waals surface area contributed by atoms with Crippen molar-refractivity contribution in [3.63, 3.8) is 0 Å². The highest BCUT2D eigenvalue weighted by molar-refractivity contribution is 6.28. The Labute approximate surface area is 129 Å². The third kappa shape index (κ3) is 3.93. The number of carbonyl (C=O) groups is 1. The van der Waals surface area contributed by atoms with Gasteiger partial charge in [0, 0.05) is 26.7 Å². The van der Waals surface area contributed by atoms with Crippen molar-refractivity contribution in [1.29, 1.82) is 0 Å². The first-order valence-corrected chi connectivity index (χ1v) is 7.43. The van der Waals surface area contributed by atoms with Crippen molar-refractivity contribution in [2.24, 2.45) is 5.41 Å². The summed E-state index contributed by atoms with van der Waals surface area (Å²) in [6.45, 7) is 5.98. The normalized spacial score (nSPS) is 15.1. The standard InChI is InChI=1S/C13H21ClN6O/c1-13(2,9(21)15-3)8-16-11-17-10(14)18-12(19-11)20-6-4-5-7-20/h4-8H2,1-3H3,(H,15,21)(H,16,17,18,19). The Morgan fingerprint density at radius 3 is 2.57 bits per heavy atom. The number of halogens is 1. The number of hydrogen-bond donors (Lipinski definition) is 2. The lowest BCUT2D eigenvalue weighted by Crippen LogP contribution is -2.39. The smallest absolute Gasteiger partial charge is 0.231 e. The summed E-state index contributed by atoms with van der Waals surface area (Å²) in [4.78, 5) is 26.5. The Balaban J connectivity index is 2.08. The van der Waals surface area contributed by atoms with E-state index in [9.17, 15) is 4.79 Å². The van der Waals surface area contributed by atoms with E-state index < -0.39 is 5.41 Å². The molecule has 0 bridgehead atoms. The van der Waals surface area contributed by atoms with Crippen molar-refractivity contribution in [3.8, 4) is 0 Å². The van der Waals surface area contributed by atoms with Gasteiger partial charge in [0.15, 0.2) is 0 Å². The van der Waals surface area contributed by atoms with Gasteiger partial charge in [0.2, 0.25) is 23.1 Å². The second-order valence-electron chi connectivity index (χ2n) is 5.74. The highest BCUT2D eigenvalue weighted by Gasteiger charge is 2.27. The zero-order valence-corrected chi connectivity index (χ0v) is 13.4. The van der Waals surface area contributed by atoms with Gasteiger partial charge in [-0.1, -0.05) is 0 Å². The number of nitrogens with zero attached hydrogens (tertiary/aromatic N) is 4. The van der Waals surface area contributed by atoms with Gasteiger partial charge in [-0.05, 0) is 38.3 Å². The Morgan fingerprint density at radius 1 is 1.29 bits per heavy atom. The lowest BCUT2D eigenvalue weighted by atomic mass is 9.92. The van der Waals surface area contributed by atoms with E-state index in [2.05, 4.69) is 30.5 Å². The fourth-order valence-corrected chi connectivity index (χ4v) is 2.35. The first-order valence-electron chi connectivity index (χ1n) is 7.05. The van der Waals surface area contributed by atoms with Crippen molar-refractivity contribution in [3.05, 3.63) is 5.28 Å². The molecule has 0 radical (unpaired) electrons. The lowest BCUT2D eigenvalue weighted by Gasteiger charge is -2.23. The summed E-state index contributed by atoms with van der Waals surface area (Å²) in [6.07, 6.45) is 2.27. The van der Waals surface area contributed by atoms with E-state index in [4.69, 9.17) is 11.6 Å². The minimum absolute atomic E-state index is 0.0464. The lowest BCUT2D eigenvalue weighted by molar-refractivity contribution is -0.128. The summed E-state index contributed by atoms with van der Waals surface area (Å²) >= 11 is 5.96. The van der Waals surface area contributed by atoms with E-state index in [1.807, 2.05) is 13.8 Å². The van der Waals surface area contributed by atoms with E-state index in [1.54, 1.807) is 7.05 Å². The molecule has 0 atom stereocenters. The van der Waals surface area contributed by atoms with E-state index in [0.29, 0.717) is 18.4 Å². The molecular formula is C13H21ClN6O. The van der Waals surface area contributed by atoms with E-state index in [1.165, 1.54) is 0 Å². The maximum atomic E-state index is 11.8. The van der Waals surface area contributed by atoms with Gasteiger partial charge in [-0.15, -0.1) is 0 Å². The molecule has 1 fully saturated rings. The number of nitrogens with one attached hydrogen (secondary N) is 2. The number of hydrogen-bond acceptors (Lipinski definition) is 6. The van der Waals surface area contributed by atoms with Crippen LogP contribution in [0.25, 0.3) is 0 Å². The summed E-state index contributed by atoms with van der Waals surface area (Å²) in [6, 6.07) is 0. The molecule has 0 spiro atoms. The molecule has 0 unspecified atom stereocenters. The molecule has 0 aromatic carbocycles. The molecule has 1 aliphatic rings. The van der Waals surface area contributed by atoms with Crippen LogP contribution >= 0.6 is 11.6 Å². The van der Waals surface area contributed by atoms with E-state index >= 15 is 0 Å². The molecule has 8 heteroatoms. The number of aromatic nitrogens is 3. The Bertz CT molecular complexity index is 515. The van der Waals surface area contributed by atoms with Gasteiger partial charge in [-0.25, -0.2) is 0 Å². The molecule has 1 aromatic heterocycles. The van der Waals surface area contributed by atoms with Crippen LogP contribution < -0.4 is 15.5 Å². The number of amides is 1. The van der Waals surface area contributed by atoms with Crippen LogP contribution in [-0.2, 0) is 4.79 Å². The minimum atomic E-state index is -0.568. The predicted molar refractivity (Wildman–Crippen MR) is 82.6 cm³/mol. The minimum Gasteiger partial charge on any atom is -0.359 e. The molecule has 7 nitrogen and oxygen atoms in total. The fourth-order valence-electron chi connectivity index (χ4n) is 2.20. The average Bonchev–Trinajstić information content (AvgIpc) is 2.98. The number of rotatable bonds is 5. The quantitative estimate of drug-likeness (QED) is 0.853. The molecule has 1 saturated heterocycles. The largest absolute Gasteiger partial charge is 0.359 e. The first kappa shape index (κ1) is 15.8. The molecule has 116 valence electrons. The van der Waals surface area contributed by atoms with Crippen molar-refractivity contribution in [1.82, 2.24) is 20.3 Å². The zero-order chi connectivity index (χ0) is 15.5. The van der Waals surface area contributed by atoms with Gasteiger partial charge in [-0.2, -0.15) is 15.0 Å². The summed E-state index contributed by atoms with van der Waals surface area (Å²) < 4.78 is 0. The van der Waals surface area contributed by atoms with Gasteiger partial charge < -0.3 is 15.5 Å². The van der Waals surface area contributed by atoms with Crippen LogP contribution in [0.3, 0.4) is 0 Å². The Morgan fingerprint density at radius 2 is 1.95 bits per heavy atom. The molecule has 1 aliphatic heterocycles. The third-order valence-electron chi connectivity index (χ3n) is 3.52. The zero-order valence-electron chi connectivity index (χ0n) is 12.6. The van der Waals surface area contributed by atoms with Gasteiger partial charge in [0.1, 0.15) is 0 Å². The predicted octanol–water partition coefficient (Wildman–Crippen LogP) is 1.31. The number of carbonyl (C=O) groups excluding carboxylic acids is 1. The van der Waals surface area contributed by atoms with Crippen LogP contribution in [0.4, 0.5) is 11.9 Å². The molecule has 0 aliphatic carbocycles.